The average Bonchev–Trinajstić information content (AvgIpc) is 2.78. The van der Waals surface area contributed by atoms with Crippen molar-refractivity contribution in [2.75, 3.05) is 0 Å². The van der Waals surface area contributed by atoms with Gasteiger partial charge in [-0.1, -0.05) is 18.2 Å². The van der Waals surface area contributed by atoms with E-state index in [1.807, 2.05) is 42.5 Å². The Labute approximate surface area is 102 Å². The lowest BCUT2D eigenvalue weighted by Gasteiger charge is -2.06. The number of hydrogen-bond acceptors (Lipinski definition) is 3. The second-order valence-electron chi connectivity index (χ2n) is 3.44. The summed E-state index contributed by atoms with van der Waals surface area (Å²) >= 11 is 5.82. The maximum absolute atomic E-state index is 5.82. The first-order valence-electron chi connectivity index (χ1n) is 5.07. The SMILES string of the molecule is Clc1nc(Oc2ccccc2)c2cccn2n1. The Morgan fingerprint density at radius 2 is 1.88 bits per heavy atom. The topological polar surface area (TPSA) is 39.4 Å². The van der Waals surface area contributed by atoms with Gasteiger partial charge >= 0.3 is 0 Å². The fourth-order valence-corrected chi connectivity index (χ4v) is 1.71. The van der Waals surface area contributed by atoms with E-state index in [0.717, 1.165) is 5.52 Å². The molecule has 0 atom stereocenters. The molecular weight excluding hydrogens is 238 g/mol. The zero-order valence-electron chi connectivity index (χ0n) is 8.75. The third-order valence-corrected chi connectivity index (χ3v) is 2.45. The predicted octanol–water partition coefficient (Wildman–Crippen LogP) is 3.18. The molecule has 0 fully saturated rings. The van der Waals surface area contributed by atoms with Gasteiger partial charge in [0.25, 0.3) is 0 Å². The van der Waals surface area contributed by atoms with Crippen molar-refractivity contribution < 1.29 is 4.74 Å². The summed E-state index contributed by atoms with van der Waals surface area (Å²) in [6.45, 7) is 0. The van der Waals surface area contributed by atoms with Crippen molar-refractivity contribution in [2.45, 2.75) is 0 Å². The van der Waals surface area contributed by atoms with Crippen LogP contribution in [0.4, 0.5) is 0 Å². The molecule has 5 heteroatoms. The van der Waals surface area contributed by atoms with E-state index in [4.69, 9.17) is 16.3 Å². The van der Waals surface area contributed by atoms with Crippen LogP contribution in [-0.4, -0.2) is 14.6 Å². The zero-order chi connectivity index (χ0) is 11.7. The minimum Gasteiger partial charge on any atom is -0.437 e. The molecule has 3 rings (SSSR count). The number of halogens is 1. The summed E-state index contributed by atoms with van der Waals surface area (Å²) in [7, 11) is 0. The van der Waals surface area contributed by atoms with Crippen LogP contribution in [0.1, 0.15) is 0 Å². The van der Waals surface area contributed by atoms with Gasteiger partial charge in [0.1, 0.15) is 11.3 Å². The summed E-state index contributed by atoms with van der Waals surface area (Å²) in [5, 5.41) is 4.18. The summed E-state index contributed by atoms with van der Waals surface area (Å²) in [5.74, 6) is 1.16. The molecule has 0 aliphatic rings. The van der Waals surface area contributed by atoms with Crippen molar-refractivity contribution in [1.29, 1.82) is 0 Å². The normalized spacial score (nSPS) is 10.6. The molecule has 0 saturated carbocycles. The van der Waals surface area contributed by atoms with Gasteiger partial charge in [-0.3, -0.25) is 0 Å². The van der Waals surface area contributed by atoms with Gasteiger partial charge in [-0.05, 0) is 35.9 Å². The molecule has 4 nitrogen and oxygen atoms in total. The van der Waals surface area contributed by atoms with E-state index >= 15 is 0 Å². The van der Waals surface area contributed by atoms with Crippen LogP contribution in [0.3, 0.4) is 0 Å². The van der Waals surface area contributed by atoms with Gasteiger partial charge in [0.05, 0.1) is 0 Å². The second kappa shape index (κ2) is 4.07. The number of para-hydroxylation sites is 1. The Morgan fingerprint density at radius 3 is 2.71 bits per heavy atom. The first kappa shape index (κ1) is 10.1. The number of benzene rings is 1. The van der Waals surface area contributed by atoms with Crippen molar-refractivity contribution in [3.05, 3.63) is 53.9 Å². The molecule has 17 heavy (non-hydrogen) atoms. The second-order valence-corrected chi connectivity index (χ2v) is 3.78. The van der Waals surface area contributed by atoms with Crippen molar-refractivity contribution >= 4 is 17.1 Å². The summed E-state index contributed by atoms with van der Waals surface area (Å²) < 4.78 is 7.31. The lowest BCUT2D eigenvalue weighted by molar-refractivity contribution is 0.463. The van der Waals surface area contributed by atoms with Crippen LogP contribution in [0.5, 0.6) is 11.6 Å². The van der Waals surface area contributed by atoms with Crippen molar-refractivity contribution in [3.8, 4) is 11.6 Å². The molecule has 2 aromatic heterocycles. The molecule has 0 N–H and O–H groups in total. The first-order chi connectivity index (χ1) is 8.33. The lowest BCUT2D eigenvalue weighted by atomic mass is 10.3. The summed E-state index contributed by atoms with van der Waals surface area (Å²) in [4.78, 5) is 4.08. The minimum atomic E-state index is 0.152. The average molecular weight is 246 g/mol. The van der Waals surface area contributed by atoms with Crippen molar-refractivity contribution in [3.63, 3.8) is 0 Å². The van der Waals surface area contributed by atoms with Gasteiger partial charge in [-0.25, -0.2) is 4.52 Å². The maximum atomic E-state index is 5.82. The lowest BCUT2D eigenvalue weighted by Crippen LogP contribution is -1.97. The van der Waals surface area contributed by atoms with Gasteiger partial charge in [-0.15, -0.1) is 5.10 Å². The number of nitrogens with zero attached hydrogens (tertiary/aromatic N) is 3. The van der Waals surface area contributed by atoms with Crippen LogP contribution in [-0.2, 0) is 0 Å². The molecule has 0 amide bonds. The molecule has 3 aromatic rings. The number of fused-ring (bicyclic) bond motifs is 1. The molecule has 0 aliphatic carbocycles. The van der Waals surface area contributed by atoms with Crippen LogP contribution in [0.2, 0.25) is 5.28 Å². The Bertz CT molecular complexity index is 651. The highest BCUT2D eigenvalue weighted by Crippen LogP contribution is 2.24. The minimum absolute atomic E-state index is 0.152. The number of hydrogen-bond donors (Lipinski definition) is 0. The van der Waals surface area contributed by atoms with E-state index in [0.29, 0.717) is 11.6 Å². The van der Waals surface area contributed by atoms with Gasteiger partial charge in [0.2, 0.25) is 11.2 Å². The van der Waals surface area contributed by atoms with Crippen molar-refractivity contribution in [1.82, 2.24) is 14.6 Å². The monoisotopic (exact) mass is 245 g/mol. The smallest absolute Gasteiger partial charge is 0.248 e. The Hall–Kier alpha value is -2.07. The molecule has 0 bridgehead atoms. The molecule has 0 aliphatic heterocycles. The third-order valence-electron chi connectivity index (χ3n) is 2.29. The Balaban J connectivity index is 2.08. The van der Waals surface area contributed by atoms with Crippen LogP contribution in [0.15, 0.2) is 48.7 Å². The van der Waals surface area contributed by atoms with E-state index in [9.17, 15) is 0 Å². The van der Waals surface area contributed by atoms with Crippen LogP contribution in [0.25, 0.3) is 5.52 Å². The van der Waals surface area contributed by atoms with E-state index in [-0.39, 0.29) is 5.28 Å². The van der Waals surface area contributed by atoms with Crippen LogP contribution < -0.4 is 4.74 Å². The number of aromatic nitrogens is 3. The maximum Gasteiger partial charge on any atom is 0.248 e. The largest absolute Gasteiger partial charge is 0.437 e. The molecule has 0 radical (unpaired) electrons. The van der Waals surface area contributed by atoms with E-state index in [2.05, 4.69) is 10.1 Å². The predicted molar refractivity (Wildman–Crippen MR) is 64.5 cm³/mol. The summed E-state index contributed by atoms with van der Waals surface area (Å²) in [5.41, 5.74) is 0.776. The molecule has 0 spiro atoms. The standard InChI is InChI=1S/C12H8ClN3O/c13-12-14-11(10-7-4-8-16(10)15-12)17-9-5-2-1-3-6-9/h1-8H. The Morgan fingerprint density at radius 1 is 1.06 bits per heavy atom. The molecule has 84 valence electrons. The van der Waals surface area contributed by atoms with Gasteiger partial charge in [0.15, 0.2) is 0 Å². The summed E-state index contributed by atoms with van der Waals surface area (Å²) in [6, 6.07) is 13.2. The number of ether oxygens (including phenoxy) is 1. The highest BCUT2D eigenvalue weighted by Gasteiger charge is 2.08. The van der Waals surface area contributed by atoms with Crippen LogP contribution >= 0.6 is 11.6 Å². The molecule has 2 heterocycles. The highest BCUT2D eigenvalue weighted by molar-refractivity contribution is 6.28. The molecule has 0 saturated heterocycles. The molecule has 1 aromatic carbocycles. The first-order valence-corrected chi connectivity index (χ1v) is 5.44. The third kappa shape index (κ3) is 1.94. The van der Waals surface area contributed by atoms with E-state index in [1.54, 1.807) is 10.7 Å². The number of rotatable bonds is 2. The molecule has 0 unspecified atom stereocenters. The van der Waals surface area contributed by atoms with Crippen molar-refractivity contribution in [2.24, 2.45) is 0 Å². The summed E-state index contributed by atoms with van der Waals surface area (Å²) in [6.07, 6.45) is 1.79. The fourth-order valence-electron chi connectivity index (χ4n) is 1.56. The Kier molecular flexibility index (Phi) is 2.42. The highest BCUT2D eigenvalue weighted by atomic mass is 35.5. The zero-order valence-corrected chi connectivity index (χ0v) is 9.50. The van der Waals surface area contributed by atoms with E-state index < -0.39 is 0 Å². The van der Waals surface area contributed by atoms with Gasteiger partial charge in [-0.2, -0.15) is 4.98 Å². The van der Waals surface area contributed by atoms with Gasteiger partial charge < -0.3 is 4.74 Å². The van der Waals surface area contributed by atoms with Crippen LogP contribution in [0, 0.1) is 0 Å². The van der Waals surface area contributed by atoms with E-state index in [1.165, 1.54) is 0 Å². The fraction of sp³-hybridized carbons (Fsp3) is 0. The quantitative estimate of drug-likeness (QED) is 0.696. The van der Waals surface area contributed by atoms with Gasteiger partial charge in [0, 0.05) is 6.20 Å². The molecular formula is C12H8ClN3O.